The van der Waals surface area contributed by atoms with Gasteiger partial charge in [-0.15, -0.1) is 0 Å². The molecule has 0 aliphatic rings. The maximum Gasteiger partial charge on any atom is 0.120 e. The van der Waals surface area contributed by atoms with Crippen molar-refractivity contribution in [1.29, 1.82) is 0 Å². The minimum absolute atomic E-state index is 0.557. The lowest BCUT2D eigenvalue weighted by Gasteiger charge is -2.27. The number of halogens is 1. The third-order valence-corrected chi connectivity index (χ3v) is 3.73. The van der Waals surface area contributed by atoms with Crippen LogP contribution >= 0.6 is 15.9 Å². The van der Waals surface area contributed by atoms with E-state index in [2.05, 4.69) is 34.7 Å². The van der Waals surface area contributed by atoms with E-state index < -0.39 is 0 Å². The Hall–Kier alpha value is -0.580. The lowest BCUT2D eigenvalue weighted by atomic mass is 10.2. The van der Waals surface area contributed by atoms with Crippen LogP contribution in [0.2, 0.25) is 0 Å². The quantitative estimate of drug-likeness (QED) is 0.691. The van der Waals surface area contributed by atoms with Crippen LogP contribution in [0.4, 0.5) is 0 Å². The summed E-state index contributed by atoms with van der Waals surface area (Å²) < 4.78 is 12.0. The van der Waals surface area contributed by atoms with E-state index in [1.165, 1.54) is 0 Å². The fraction of sp³-hybridized carbons (Fsp3) is 0.600. The Bertz CT molecular complexity index is 360. The Morgan fingerprint density at radius 3 is 2.63 bits per heavy atom. The molecule has 1 unspecified atom stereocenters. The molecule has 1 rings (SSSR count). The zero-order valence-corrected chi connectivity index (χ0v) is 13.6. The van der Waals surface area contributed by atoms with Crippen LogP contribution < -0.4 is 4.74 Å². The average molecular weight is 330 g/mol. The lowest BCUT2D eigenvalue weighted by molar-refractivity contribution is 0.109. The first kappa shape index (κ1) is 16.5. The van der Waals surface area contributed by atoms with Gasteiger partial charge in [-0.1, -0.05) is 28.9 Å². The van der Waals surface area contributed by atoms with Gasteiger partial charge in [-0.3, -0.25) is 4.90 Å². The molecule has 1 aromatic rings. The van der Waals surface area contributed by atoms with Crippen LogP contribution in [0.15, 0.2) is 28.7 Å². The predicted octanol–water partition coefficient (Wildman–Crippen LogP) is 3.57. The Balaban J connectivity index is 2.38. The number of hydrogen-bond donors (Lipinski definition) is 0. The minimum Gasteiger partial charge on any atom is -0.492 e. The number of methoxy groups -OCH3 is 1. The second kappa shape index (κ2) is 9.34. The summed E-state index contributed by atoms with van der Waals surface area (Å²) in [6, 6.07) is 8.51. The molecule has 0 amide bonds. The Morgan fingerprint density at radius 1 is 1.26 bits per heavy atom. The highest BCUT2D eigenvalue weighted by atomic mass is 79.9. The van der Waals surface area contributed by atoms with E-state index in [0.29, 0.717) is 12.6 Å². The van der Waals surface area contributed by atoms with E-state index in [4.69, 9.17) is 9.47 Å². The van der Waals surface area contributed by atoms with Crippen molar-refractivity contribution in [3.05, 3.63) is 28.7 Å². The van der Waals surface area contributed by atoms with Gasteiger partial charge in [0.1, 0.15) is 12.4 Å². The van der Waals surface area contributed by atoms with Crippen molar-refractivity contribution < 1.29 is 9.47 Å². The molecule has 4 heteroatoms. The largest absolute Gasteiger partial charge is 0.492 e. The number of rotatable bonds is 9. The molecule has 0 bridgehead atoms. The predicted molar refractivity (Wildman–Crippen MR) is 82.8 cm³/mol. The molecule has 1 atom stereocenters. The summed E-state index contributed by atoms with van der Waals surface area (Å²) in [4.78, 5) is 2.40. The van der Waals surface area contributed by atoms with Crippen LogP contribution in [0.1, 0.15) is 20.3 Å². The van der Waals surface area contributed by atoms with Gasteiger partial charge in [0.05, 0.1) is 6.61 Å². The lowest BCUT2D eigenvalue weighted by Crippen LogP contribution is -2.38. The highest BCUT2D eigenvalue weighted by molar-refractivity contribution is 9.10. The molecule has 0 radical (unpaired) electrons. The fourth-order valence-electron chi connectivity index (χ4n) is 1.86. The summed E-state index contributed by atoms with van der Waals surface area (Å²) in [6.45, 7) is 7.79. The van der Waals surface area contributed by atoms with Crippen molar-refractivity contribution in [3.63, 3.8) is 0 Å². The van der Waals surface area contributed by atoms with Crippen molar-refractivity contribution in [2.45, 2.75) is 26.3 Å². The molecular formula is C15H24BrNO2. The van der Waals surface area contributed by atoms with Crippen molar-refractivity contribution in [2.75, 3.05) is 33.4 Å². The normalized spacial score (nSPS) is 12.7. The third-order valence-electron chi connectivity index (χ3n) is 3.24. The molecule has 0 N–H and O–H groups in total. The summed E-state index contributed by atoms with van der Waals surface area (Å²) in [5.74, 6) is 0.908. The molecule has 0 aliphatic carbocycles. The maximum absolute atomic E-state index is 5.78. The van der Waals surface area contributed by atoms with Gasteiger partial charge in [0.15, 0.2) is 0 Å². The van der Waals surface area contributed by atoms with Crippen molar-refractivity contribution in [2.24, 2.45) is 0 Å². The highest BCUT2D eigenvalue weighted by Crippen LogP contribution is 2.17. The molecule has 0 saturated heterocycles. The SMILES string of the molecule is CCC(C)N(CCOC)CCOc1cccc(Br)c1. The van der Waals surface area contributed by atoms with Gasteiger partial charge in [0, 0.05) is 30.7 Å². The monoisotopic (exact) mass is 329 g/mol. The number of nitrogens with zero attached hydrogens (tertiary/aromatic N) is 1. The summed E-state index contributed by atoms with van der Waals surface area (Å²) in [5.41, 5.74) is 0. The maximum atomic E-state index is 5.78. The first-order valence-corrected chi connectivity index (χ1v) is 7.58. The van der Waals surface area contributed by atoms with Gasteiger partial charge in [-0.05, 0) is 31.5 Å². The summed E-state index contributed by atoms with van der Waals surface area (Å²) >= 11 is 3.44. The molecular weight excluding hydrogens is 306 g/mol. The Morgan fingerprint density at radius 2 is 2.00 bits per heavy atom. The summed E-state index contributed by atoms with van der Waals surface area (Å²) in [6.07, 6.45) is 1.14. The van der Waals surface area contributed by atoms with Gasteiger partial charge in [-0.2, -0.15) is 0 Å². The van der Waals surface area contributed by atoms with E-state index in [1.807, 2.05) is 24.3 Å². The van der Waals surface area contributed by atoms with E-state index in [1.54, 1.807) is 7.11 Å². The second-order valence-electron chi connectivity index (χ2n) is 4.59. The topological polar surface area (TPSA) is 21.7 Å². The molecule has 0 aliphatic heterocycles. The van der Waals surface area contributed by atoms with E-state index in [0.717, 1.165) is 36.3 Å². The van der Waals surface area contributed by atoms with Crippen LogP contribution in [0.5, 0.6) is 5.75 Å². The zero-order chi connectivity index (χ0) is 14.1. The van der Waals surface area contributed by atoms with Crippen molar-refractivity contribution in [3.8, 4) is 5.75 Å². The molecule has 0 spiro atoms. The molecule has 19 heavy (non-hydrogen) atoms. The summed E-state index contributed by atoms with van der Waals surface area (Å²) in [7, 11) is 1.74. The molecule has 108 valence electrons. The number of hydrogen-bond acceptors (Lipinski definition) is 3. The number of ether oxygens (including phenoxy) is 2. The molecule has 1 aromatic carbocycles. The first-order valence-electron chi connectivity index (χ1n) is 6.78. The Labute approximate surface area is 125 Å². The van der Waals surface area contributed by atoms with Crippen LogP contribution in [-0.2, 0) is 4.74 Å². The van der Waals surface area contributed by atoms with E-state index in [-0.39, 0.29) is 0 Å². The van der Waals surface area contributed by atoms with Gasteiger partial charge >= 0.3 is 0 Å². The van der Waals surface area contributed by atoms with Gasteiger partial charge in [0.2, 0.25) is 0 Å². The van der Waals surface area contributed by atoms with Crippen molar-refractivity contribution >= 4 is 15.9 Å². The van der Waals surface area contributed by atoms with Gasteiger partial charge < -0.3 is 9.47 Å². The zero-order valence-electron chi connectivity index (χ0n) is 12.1. The molecule has 0 heterocycles. The number of benzene rings is 1. The first-order chi connectivity index (χ1) is 9.17. The Kier molecular flexibility index (Phi) is 8.10. The standard InChI is InChI=1S/C15H24BrNO2/c1-4-13(2)17(8-10-18-3)9-11-19-15-7-5-6-14(16)12-15/h5-7,12-13H,4,8-11H2,1-3H3. The summed E-state index contributed by atoms with van der Waals surface area (Å²) in [5, 5.41) is 0. The molecule has 0 fully saturated rings. The van der Waals surface area contributed by atoms with Crippen LogP contribution in [0.25, 0.3) is 0 Å². The fourth-order valence-corrected chi connectivity index (χ4v) is 2.24. The van der Waals surface area contributed by atoms with Crippen molar-refractivity contribution in [1.82, 2.24) is 4.90 Å². The molecule has 0 aromatic heterocycles. The van der Waals surface area contributed by atoms with Gasteiger partial charge in [0.25, 0.3) is 0 Å². The smallest absolute Gasteiger partial charge is 0.120 e. The highest BCUT2D eigenvalue weighted by Gasteiger charge is 2.11. The van der Waals surface area contributed by atoms with Crippen LogP contribution in [0.3, 0.4) is 0 Å². The molecule has 0 saturated carbocycles. The van der Waals surface area contributed by atoms with E-state index >= 15 is 0 Å². The van der Waals surface area contributed by atoms with Crippen LogP contribution in [0, 0.1) is 0 Å². The van der Waals surface area contributed by atoms with Gasteiger partial charge in [-0.25, -0.2) is 0 Å². The second-order valence-corrected chi connectivity index (χ2v) is 5.51. The van der Waals surface area contributed by atoms with Crippen LogP contribution in [-0.4, -0.2) is 44.4 Å². The van der Waals surface area contributed by atoms with E-state index in [9.17, 15) is 0 Å². The average Bonchev–Trinajstić information content (AvgIpc) is 2.42. The molecule has 3 nitrogen and oxygen atoms in total. The third kappa shape index (κ3) is 6.41. The minimum atomic E-state index is 0.557.